The quantitative estimate of drug-likeness (QED) is 0.760. The van der Waals surface area contributed by atoms with Crippen LogP contribution in [-0.4, -0.2) is 11.1 Å². The molecule has 1 saturated carbocycles. The monoisotopic (exact) mass is 302 g/mol. The topological polar surface area (TPSA) is 37.3 Å². The Hall–Kier alpha value is -1.05. The van der Waals surface area contributed by atoms with E-state index in [2.05, 4.69) is 32.9 Å². The molecule has 2 heteroatoms. The van der Waals surface area contributed by atoms with Gasteiger partial charge in [-0.2, -0.15) is 0 Å². The molecule has 4 atom stereocenters. The van der Waals surface area contributed by atoms with E-state index in [1.54, 1.807) is 5.57 Å². The van der Waals surface area contributed by atoms with E-state index in [0.717, 1.165) is 19.3 Å². The summed E-state index contributed by atoms with van der Waals surface area (Å²) in [5.41, 5.74) is 2.69. The molecular weight excluding hydrogens is 272 g/mol. The van der Waals surface area contributed by atoms with Crippen LogP contribution in [0.3, 0.4) is 0 Å². The number of hydrogen-bond acceptors (Lipinski definition) is 1. The molecule has 0 bridgehead atoms. The Morgan fingerprint density at radius 1 is 1.32 bits per heavy atom. The number of allylic oxidation sites excluding steroid dienone is 4. The van der Waals surface area contributed by atoms with Gasteiger partial charge < -0.3 is 5.11 Å². The van der Waals surface area contributed by atoms with Crippen molar-refractivity contribution >= 4 is 5.97 Å². The molecule has 3 aliphatic carbocycles. The standard InChI is InChI=1S/C20H30O2/c1-13(2)14-6-8-16-15(12-14)7-9-17-19(16,3)10-5-11-20(17,4)18(21)22/h7,12-13,16-17H,5-6,8-11H2,1-4H3,(H,21,22)/t16?,17-,19-,20-/m1/s1. The third-order valence-corrected chi connectivity index (χ3v) is 7.07. The molecule has 1 fully saturated rings. The van der Waals surface area contributed by atoms with Crippen LogP contribution >= 0.6 is 0 Å². The van der Waals surface area contributed by atoms with Crippen LogP contribution < -0.4 is 0 Å². The second-order valence-corrected chi connectivity index (χ2v) is 8.54. The Bertz CT molecular complexity index is 542. The maximum Gasteiger partial charge on any atom is 0.309 e. The molecule has 0 spiro atoms. The van der Waals surface area contributed by atoms with Gasteiger partial charge in [-0.3, -0.25) is 4.79 Å². The van der Waals surface area contributed by atoms with Crippen molar-refractivity contribution < 1.29 is 9.90 Å². The Balaban J connectivity index is 2.00. The molecule has 0 aliphatic heterocycles. The van der Waals surface area contributed by atoms with E-state index in [1.807, 2.05) is 6.92 Å². The van der Waals surface area contributed by atoms with Gasteiger partial charge in [0.25, 0.3) is 0 Å². The largest absolute Gasteiger partial charge is 0.481 e. The Morgan fingerprint density at radius 3 is 2.68 bits per heavy atom. The summed E-state index contributed by atoms with van der Waals surface area (Å²) >= 11 is 0. The van der Waals surface area contributed by atoms with Gasteiger partial charge in [-0.25, -0.2) is 0 Å². The molecule has 0 saturated heterocycles. The van der Waals surface area contributed by atoms with Gasteiger partial charge in [0.05, 0.1) is 5.41 Å². The van der Waals surface area contributed by atoms with E-state index < -0.39 is 11.4 Å². The number of carboxylic acids is 1. The first-order valence-corrected chi connectivity index (χ1v) is 8.93. The van der Waals surface area contributed by atoms with Crippen LogP contribution in [-0.2, 0) is 4.79 Å². The number of fused-ring (bicyclic) bond motifs is 3. The summed E-state index contributed by atoms with van der Waals surface area (Å²) in [7, 11) is 0. The van der Waals surface area contributed by atoms with E-state index >= 15 is 0 Å². The molecule has 0 aromatic rings. The van der Waals surface area contributed by atoms with Crippen LogP contribution in [0.15, 0.2) is 23.3 Å². The molecule has 2 nitrogen and oxygen atoms in total. The maximum absolute atomic E-state index is 11.9. The molecule has 0 heterocycles. The molecule has 0 aromatic heterocycles. The third kappa shape index (κ3) is 2.18. The van der Waals surface area contributed by atoms with E-state index in [4.69, 9.17) is 0 Å². The van der Waals surface area contributed by atoms with Crippen molar-refractivity contribution in [3.8, 4) is 0 Å². The second-order valence-electron chi connectivity index (χ2n) is 8.54. The SMILES string of the molecule is CC(C)C1=CC2=CC[C@H]3[C@](C)(C(=O)O)CCC[C@]3(C)C2CC1. The van der Waals surface area contributed by atoms with Crippen molar-refractivity contribution in [1.29, 1.82) is 0 Å². The maximum atomic E-state index is 11.9. The summed E-state index contributed by atoms with van der Waals surface area (Å²) in [4.78, 5) is 11.9. The van der Waals surface area contributed by atoms with Crippen LogP contribution in [0.1, 0.15) is 66.2 Å². The molecule has 122 valence electrons. The third-order valence-electron chi connectivity index (χ3n) is 7.07. The average Bonchev–Trinajstić information content (AvgIpc) is 2.46. The summed E-state index contributed by atoms with van der Waals surface area (Å²) in [5.74, 6) is 0.888. The summed E-state index contributed by atoms with van der Waals surface area (Å²) < 4.78 is 0. The first-order chi connectivity index (χ1) is 10.3. The predicted molar refractivity (Wildman–Crippen MR) is 89.5 cm³/mol. The van der Waals surface area contributed by atoms with E-state index in [-0.39, 0.29) is 11.3 Å². The molecule has 1 N–H and O–H groups in total. The number of aliphatic carboxylic acids is 1. The zero-order valence-electron chi connectivity index (χ0n) is 14.5. The summed E-state index contributed by atoms with van der Waals surface area (Å²) in [6, 6.07) is 0. The number of carboxylic acid groups (broad SMARTS) is 1. The lowest BCUT2D eigenvalue weighted by atomic mass is 9.47. The Kier molecular flexibility index (Phi) is 3.78. The smallest absolute Gasteiger partial charge is 0.309 e. The number of rotatable bonds is 2. The van der Waals surface area contributed by atoms with Crippen LogP contribution in [0.2, 0.25) is 0 Å². The van der Waals surface area contributed by atoms with E-state index in [9.17, 15) is 9.90 Å². The fourth-order valence-corrected chi connectivity index (χ4v) is 5.60. The summed E-state index contributed by atoms with van der Waals surface area (Å²) in [5, 5.41) is 9.83. The molecule has 0 aromatic carbocycles. The molecule has 0 radical (unpaired) electrons. The first kappa shape index (κ1) is 15.8. The van der Waals surface area contributed by atoms with Gasteiger partial charge in [0.2, 0.25) is 0 Å². The molecule has 3 aliphatic rings. The zero-order chi connectivity index (χ0) is 16.1. The van der Waals surface area contributed by atoms with Gasteiger partial charge in [-0.15, -0.1) is 0 Å². The Labute approximate surface area is 134 Å². The van der Waals surface area contributed by atoms with Crippen LogP contribution in [0, 0.1) is 28.6 Å². The summed E-state index contributed by atoms with van der Waals surface area (Å²) in [6.45, 7) is 8.93. The fraction of sp³-hybridized carbons (Fsp3) is 0.750. The predicted octanol–water partition coefficient (Wildman–Crippen LogP) is 5.21. The van der Waals surface area contributed by atoms with E-state index in [0.29, 0.717) is 11.8 Å². The minimum Gasteiger partial charge on any atom is -0.481 e. The van der Waals surface area contributed by atoms with E-state index in [1.165, 1.54) is 24.8 Å². The normalized spacial score (nSPS) is 41.3. The fourth-order valence-electron chi connectivity index (χ4n) is 5.60. The van der Waals surface area contributed by atoms with Gasteiger partial charge in [0, 0.05) is 0 Å². The minimum atomic E-state index is -0.588. The highest BCUT2D eigenvalue weighted by Crippen LogP contribution is 2.62. The van der Waals surface area contributed by atoms with Crippen molar-refractivity contribution in [3.05, 3.63) is 23.3 Å². The first-order valence-electron chi connectivity index (χ1n) is 8.93. The van der Waals surface area contributed by atoms with Gasteiger partial charge in [-0.1, -0.05) is 44.9 Å². The lowest BCUT2D eigenvalue weighted by Crippen LogP contribution is -2.53. The molecule has 22 heavy (non-hydrogen) atoms. The van der Waals surface area contributed by atoms with Gasteiger partial charge >= 0.3 is 5.97 Å². The zero-order valence-corrected chi connectivity index (χ0v) is 14.5. The minimum absolute atomic E-state index is 0.161. The van der Waals surface area contributed by atoms with Crippen molar-refractivity contribution in [2.45, 2.75) is 66.2 Å². The lowest BCUT2D eigenvalue weighted by Gasteiger charge is -2.57. The molecule has 0 amide bonds. The highest BCUT2D eigenvalue weighted by molar-refractivity contribution is 5.75. The molecule has 3 rings (SSSR count). The van der Waals surface area contributed by atoms with Gasteiger partial charge in [0.1, 0.15) is 0 Å². The van der Waals surface area contributed by atoms with Crippen molar-refractivity contribution in [3.63, 3.8) is 0 Å². The van der Waals surface area contributed by atoms with Gasteiger partial charge in [-0.05, 0) is 67.8 Å². The van der Waals surface area contributed by atoms with Gasteiger partial charge in [0.15, 0.2) is 0 Å². The molecule has 1 unspecified atom stereocenters. The highest BCUT2D eigenvalue weighted by atomic mass is 16.4. The van der Waals surface area contributed by atoms with Crippen LogP contribution in [0.5, 0.6) is 0 Å². The van der Waals surface area contributed by atoms with Crippen molar-refractivity contribution in [1.82, 2.24) is 0 Å². The van der Waals surface area contributed by atoms with Crippen LogP contribution in [0.4, 0.5) is 0 Å². The second kappa shape index (κ2) is 5.25. The average molecular weight is 302 g/mol. The van der Waals surface area contributed by atoms with Crippen molar-refractivity contribution in [2.75, 3.05) is 0 Å². The molecular formula is C20H30O2. The number of hydrogen-bond donors (Lipinski definition) is 1. The highest BCUT2D eigenvalue weighted by Gasteiger charge is 2.57. The van der Waals surface area contributed by atoms with Crippen molar-refractivity contribution in [2.24, 2.45) is 28.6 Å². The lowest BCUT2D eigenvalue weighted by molar-refractivity contribution is -0.162. The Morgan fingerprint density at radius 2 is 2.05 bits per heavy atom. The summed E-state index contributed by atoms with van der Waals surface area (Å²) in [6.07, 6.45) is 11.2. The number of carbonyl (C=O) groups is 1. The van der Waals surface area contributed by atoms with Crippen LogP contribution in [0.25, 0.3) is 0 Å².